The van der Waals surface area contributed by atoms with Crippen LogP contribution in [-0.4, -0.2) is 38.8 Å². The van der Waals surface area contributed by atoms with Crippen LogP contribution in [0.2, 0.25) is 0 Å². The summed E-state index contributed by atoms with van der Waals surface area (Å²) in [6, 6.07) is 23.7. The van der Waals surface area contributed by atoms with Crippen LogP contribution in [0.15, 0.2) is 72.8 Å². The first-order chi connectivity index (χ1) is 17.3. The lowest BCUT2D eigenvalue weighted by Crippen LogP contribution is -2.30. The average molecular weight is 507 g/mol. The lowest BCUT2D eigenvalue weighted by molar-refractivity contribution is 0.0980. The molecule has 190 valence electrons. The molecule has 0 aromatic heterocycles. The number of aliphatic hydroxyl groups excluding tert-OH is 1. The van der Waals surface area contributed by atoms with Crippen molar-refractivity contribution in [3.63, 3.8) is 0 Å². The molecule has 1 amide bonds. The Kier molecular flexibility index (Phi) is 8.56. The largest absolute Gasteiger partial charge is 0.387 e. The van der Waals surface area contributed by atoms with Crippen molar-refractivity contribution in [2.45, 2.75) is 44.1 Å². The molecule has 0 saturated heterocycles. The smallest absolute Gasteiger partial charge is 0.265 e. The first-order valence-electron chi connectivity index (χ1n) is 12.5. The monoisotopic (exact) mass is 506 g/mol. The molecule has 1 saturated carbocycles. The molecule has 0 spiro atoms. The van der Waals surface area contributed by atoms with Crippen molar-refractivity contribution in [1.29, 1.82) is 0 Å². The van der Waals surface area contributed by atoms with E-state index in [1.54, 1.807) is 6.07 Å². The van der Waals surface area contributed by atoms with Gasteiger partial charge < -0.3 is 10.4 Å². The molecule has 36 heavy (non-hydrogen) atoms. The third kappa shape index (κ3) is 7.03. The minimum Gasteiger partial charge on any atom is -0.387 e. The maximum absolute atomic E-state index is 12.7. The topological polar surface area (TPSA) is 95.5 Å². The van der Waals surface area contributed by atoms with E-state index < -0.39 is 22.0 Å². The first kappa shape index (κ1) is 26.1. The van der Waals surface area contributed by atoms with Gasteiger partial charge in [0.15, 0.2) is 0 Å². The van der Waals surface area contributed by atoms with E-state index in [4.69, 9.17) is 0 Å². The van der Waals surface area contributed by atoms with E-state index in [9.17, 15) is 18.3 Å². The maximum atomic E-state index is 12.7. The predicted molar refractivity (Wildman–Crippen MR) is 143 cm³/mol. The van der Waals surface area contributed by atoms with E-state index in [-0.39, 0.29) is 5.92 Å². The van der Waals surface area contributed by atoms with Crippen molar-refractivity contribution in [1.82, 2.24) is 10.0 Å². The highest BCUT2D eigenvalue weighted by atomic mass is 32.2. The molecule has 3 aromatic rings. The summed E-state index contributed by atoms with van der Waals surface area (Å²) in [6.45, 7) is 1.27. The SMILES string of the molecule is CS(=O)(=O)NC(=O)c1ccc(-c2ccc(CCNC[C@H](O)c3ccccc3)cc2)cc1C1CCCC1. The maximum Gasteiger partial charge on any atom is 0.265 e. The Labute approximate surface area is 213 Å². The third-order valence-electron chi connectivity index (χ3n) is 6.77. The lowest BCUT2D eigenvalue weighted by Gasteiger charge is -2.17. The van der Waals surface area contributed by atoms with Crippen LogP contribution in [0.4, 0.5) is 0 Å². The molecule has 0 radical (unpaired) electrons. The highest BCUT2D eigenvalue weighted by molar-refractivity contribution is 7.89. The van der Waals surface area contributed by atoms with Crippen LogP contribution in [0.3, 0.4) is 0 Å². The Morgan fingerprint density at radius 2 is 1.64 bits per heavy atom. The molecular formula is C29H34N2O4S. The Balaban J connectivity index is 1.41. The highest BCUT2D eigenvalue weighted by Crippen LogP contribution is 2.38. The minimum absolute atomic E-state index is 0.266. The van der Waals surface area contributed by atoms with Gasteiger partial charge in [0.1, 0.15) is 0 Å². The van der Waals surface area contributed by atoms with Crippen LogP contribution < -0.4 is 10.0 Å². The van der Waals surface area contributed by atoms with Gasteiger partial charge in [0, 0.05) is 12.1 Å². The van der Waals surface area contributed by atoms with Crippen LogP contribution >= 0.6 is 0 Å². The van der Waals surface area contributed by atoms with Gasteiger partial charge in [-0.1, -0.05) is 79.6 Å². The van der Waals surface area contributed by atoms with Gasteiger partial charge in [-0.2, -0.15) is 0 Å². The first-order valence-corrected chi connectivity index (χ1v) is 14.4. The van der Waals surface area contributed by atoms with E-state index in [1.165, 1.54) is 5.56 Å². The number of nitrogens with one attached hydrogen (secondary N) is 2. The molecule has 1 atom stereocenters. The van der Waals surface area contributed by atoms with Crippen molar-refractivity contribution in [3.05, 3.63) is 95.1 Å². The van der Waals surface area contributed by atoms with Gasteiger partial charge in [-0.25, -0.2) is 13.1 Å². The van der Waals surface area contributed by atoms with Gasteiger partial charge in [0.2, 0.25) is 10.0 Å². The zero-order chi connectivity index (χ0) is 25.5. The summed E-state index contributed by atoms with van der Waals surface area (Å²) < 4.78 is 25.3. The van der Waals surface area contributed by atoms with Crippen LogP contribution in [0.25, 0.3) is 11.1 Å². The normalized spacial score (nSPS) is 15.1. The number of aliphatic hydroxyl groups is 1. The number of amides is 1. The third-order valence-corrected chi connectivity index (χ3v) is 7.33. The summed E-state index contributed by atoms with van der Waals surface area (Å²) in [6.07, 6.45) is 5.57. The van der Waals surface area contributed by atoms with Gasteiger partial charge in [0.05, 0.1) is 12.4 Å². The van der Waals surface area contributed by atoms with E-state index >= 15 is 0 Å². The average Bonchev–Trinajstić information content (AvgIpc) is 3.41. The number of benzene rings is 3. The van der Waals surface area contributed by atoms with Crippen molar-refractivity contribution in [2.24, 2.45) is 0 Å². The van der Waals surface area contributed by atoms with Crippen molar-refractivity contribution in [3.8, 4) is 11.1 Å². The van der Waals surface area contributed by atoms with Crippen LogP contribution in [0, 0.1) is 0 Å². The summed E-state index contributed by atoms with van der Waals surface area (Å²) in [7, 11) is -3.63. The zero-order valence-corrected chi connectivity index (χ0v) is 21.4. The fourth-order valence-electron chi connectivity index (χ4n) is 4.88. The fraction of sp³-hybridized carbons (Fsp3) is 0.345. The summed E-state index contributed by atoms with van der Waals surface area (Å²) in [5, 5.41) is 13.6. The molecule has 0 unspecified atom stereocenters. The van der Waals surface area contributed by atoms with Crippen LogP contribution in [0.5, 0.6) is 0 Å². The van der Waals surface area contributed by atoms with Crippen LogP contribution in [0.1, 0.15) is 64.8 Å². The van der Waals surface area contributed by atoms with Crippen LogP contribution in [-0.2, 0) is 16.4 Å². The molecule has 1 aliphatic rings. The Hall–Kier alpha value is -3.00. The number of carbonyl (C=O) groups excluding carboxylic acids is 1. The van der Waals surface area contributed by atoms with Crippen molar-refractivity contribution < 1.29 is 18.3 Å². The molecule has 3 N–H and O–H groups in total. The van der Waals surface area contributed by atoms with Gasteiger partial charge in [-0.3, -0.25) is 4.79 Å². The molecule has 3 aromatic carbocycles. The Bertz CT molecular complexity index is 1270. The van der Waals surface area contributed by atoms with Crippen molar-refractivity contribution >= 4 is 15.9 Å². The second kappa shape index (κ2) is 11.8. The van der Waals surface area contributed by atoms with Gasteiger partial charge >= 0.3 is 0 Å². The van der Waals surface area contributed by atoms with E-state index in [0.29, 0.717) is 12.1 Å². The summed E-state index contributed by atoms with van der Waals surface area (Å²) >= 11 is 0. The number of rotatable bonds is 10. The molecule has 6 nitrogen and oxygen atoms in total. The quantitative estimate of drug-likeness (QED) is 0.350. The van der Waals surface area contributed by atoms with E-state index in [0.717, 1.165) is 67.2 Å². The number of carbonyl (C=O) groups is 1. The van der Waals surface area contributed by atoms with E-state index in [1.807, 2.05) is 36.4 Å². The Morgan fingerprint density at radius 1 is 0.972 bits per heavy atom. The van der Waals surface area contributed by atoms with E-state index in [2.05, 4.69) is 40.4 Å². The standard InChI is InChI=1S/C29H34N2O4S/c1-36(34,35)31-29(33)26-16-15-25(19-27(26)23-7-5-6-8-23)22-13-11-21(12-14-22)17-18-30-20-28(32)24-9-3-2-4-10-24/h2-4,9-16,19,23,28,30,32H,5-8,17-18,20H2,1H3,(H,31,33)/t28-/m0/s1. The molecule has 1 aliphatic carbocycles. The summed E-state index contributed by atoms with van der Waals surface area (Å²) in [5.41, 5.74) is 5.55. The second-order valence-electron chi connectivity index (χ2n) is 9.56. The summed E-state index contributed by atoms with van der Waals surface area (Å²) in [5.74, 6) is -0.298. The second-order valence-corrected chi connectivity index (χ2v) is 11.3. The molecular weight excluding hydrogens is 472 g/mol. The molecule has 0 bridgehead atoms. The van der Waals surface area contributed by atoms with Gasteiger partial charge in [-0.05, 0) is 65.6 Å². The lowest BCUT2D eigenvalue weighted by atomic mass is 9.89. The predicted octanol–water partition coefficient (Wildman–Crippen LogP) is 4.57. The van der Waals surface area contributed by atoms with Gasteiger partial charge in [-0.15, -0.1) is 0 Å². The highest BCUT2D eigenvalue weighted by Gasteiger charge is 2.24. The van der Waals surface area contributed by atoms with Gasteiger partial charge in [0.25, 0.3) is 5.91 Å². The fourth-order valence-corrected chi connectivity index (χ4v) is 5.32. The molecule has 0 heterocycles. The number of hydrogen-bond acceptors (Lipinski definition) is 5. The molecule has 0 aliphatic heterocycles. The summed E-state index contributed by atoms with van der Waals surface area (Å²) in [4.78, 5) is 12.7. The molecule has 7 heteroatoms. The number of hydrogen-bond donors (Lipinski definition) is 3. The minimum atomic E-state index is -3.63. The molecule has 4 rings (SSSR count). The molecule has 1 fully saturated rings. The zero-order valence-electron chi connectivity index (χ0n) is 20.6. The number of sulfonamides is 1. The van der Waals surface area contributed by atoms with Crippen molar-refractivity contribution in [2.75, 3.05) is 19.3 Å². The Morgan fingerprint density at radius 3 is 2.31 bits per heavy atom.